The summed E-state index contributed by atoms with van der Waals surface area (Å²) in [6, 6.07) is 0. The van der Waals surface area contributed by atoms with E-state index in [0.29, 0.717) is 0 Å². The van der Waals surface area contributed by atoms with Gasteiger partial charge in [-0.3, -0.25) is 0 Å². The number of hydrogen-bond donors (Lipinski definition) is 0. The maximum absolute atomic E-state index is 3.05. The molecule has 1 heteroatoms. The Hall–Kier alpha value is 0.0300. The van der Waals surface area contributed by atoms with Gasteiger partial charge in [-0.05, 0) is 72.2 Å². The highest BCUT2D eigenvalue weighted by molar-refractivity contribution is 14.1. The molecule has 0 aliphatic heterocycles. The summed E-state index contributed by atoms with van der Waals surface area (Å²) in [5.74, 6) is 7.02. The van der Waals surface area contributed by atoms with E-state index in [4.69, 9.17) is 0 Å². The van der Waals surface area contributed by atoms with Crippen LogP contribution in [0.3, 0.4) is 0 Å². The van der Waals surface area contributed by atoms with E-state index < -0.39 is 0 Å². The van der Waals surface area contributed by atoms with Crippen LogP contribution in [-0.2, 0) is 0 Å². The molecule has 2 rings (SSSR count). The Bertz CT molecular complexity index is 370. The standard InChI is InChI=1S/C21H33I/c1-2-3-4-7-18-9-13-20(14-10-18)21-15-11-19(12-16-21)8-5-6-17-22/h5,8,18-21H,2-4,7,9-16H2,1H3/b8-5+/t18-,19-,20-,21-. The summed E-state index contributed by atoms with van der Waals surface area (Å²) in [6.45, 7) is 2.32. The number of allylic oxidation sites excluding steroid dienone is 2. The summed E-state index contributed by atoms with van der Waals surface area (Å²) in [6.07, 6.45) is 22.1. The highest BCUT2D eigenvalue weighted by Crippen LogP contribution is 2.42. The second-order valence-corrected chi connectivity index (χ2v) is 8.09. The van der Waals surface area contributed by atoms with Crippen LogP contribution in [0.2, 0.25) is 0 Å². The second kappa shape index (κ2) is 10.7. The molecule has 0 amide bonds. The quantitative estimate of drug-likeness (QED) is 0.247. The third-order valence-electron chi connectivity index (χ3n) is 6.10. The van der Waals surface area contributed by atoms with E-state index in [1.54, 1.807) is 0 Å². The van der Waals surface area contributed by atoms with E-state index in [-0.39, 0.29) is 0 Å². The fraction of sp³-hybridized carbons (Fsp3) is 0.810. The largest absolute Gasteiger partial charge is 0.0730 e. The molecule has 2 aliphatic rings. The Morgan fingerprint density at radius 1 is 0.909 bits per heavy atom. The van der Waals surface area contributed by atoms with Crippen LogP contribution < -0.4 is 0 Å². The Morgan fingerprint density at radius 3 is 2.14 bits per heavy atom. The predicted octanol–water partition coefficient (Wildman–Crippen LogP) is 7.13. The molecule has 0 aromatic rings. The van der Waals surface area contributed by atoms with E-state index in [2.05, 4.69) is 51.5 Å². The van der Waals surface area contributed by atoms with Gasteiger partial charge in [-0.25, -0.2) is 0 Å². The molecule has 2 aliphatic carbocycles. The van der Waals surface area contributed by atoms with Gasteiger partial charge in [-0.15, -0.1) is 0 Å². The van der Waals surface area contributed by atoms with E-state index >= 15 is 0 Å². The molecule has 0 unspecified atom stereocenters. The van der Waals surface area contributed by atoms with Crippen LogP contribution in [-0.4, -0.2) is 0 Å². The molecule has 124 valence electrons. The van der Waals surface area contributed by atoms with Gasteiger partial charge >= 0.3 is 0 Å². The number of unbranched alkanes of at least 4 members (excludes halogenated alkanes) is 2. The van der Waals surface area contributed by atoms with Crippen molar-refractivity contribution >= 4 is 22.6 Å². The van der Waals surface area contributed by atoms with E-state index in [9.17, 15) is 0 Å². The Kier molecular flexibility index (Phi) is 8.97. The fourth-order valence-corrected chi connectivity index (χ4v) is 4.84. The first-order valence-corrected chi connectivity index (χ1v) is 10.7. The van der Waals surface area contributed by atoms with Crippen molar-refractivity contribution in [1.82, 2.24) is 0 Å². The zero-order valence-electron chi connectivity index (χ0n) is 14.3. The lowest BCUT2D eigenvalue weighted by Gasteiger charge is -2.37. The van der Waals surface area contributed by atoms with Gasteiger partial charge < -0.3 is 0 Å². The molecule has 0 saturated heterocycles. The van der Waals surface area contributed by atoms with Crippen molar-refractivity contribution in [1.29, 1.82) is 0 Å². The molecule has 0 nitrogen and oxygen atoms in total. The van der Waals surface area contributed by atoms with Gasteiger partial charge in [-0.2, -0.15) is 0 Å². The lowest BCUT2D eigenvalue weighted by Crippen LogP contribution is -2.25. The normalized spacial score (nSPS) is 32.6. The summed E-state index contributed by atoms with van der Waals surface area (Å²) in [4.78, 5) is 0. The van der Waals surface area contributed by atoms with Crippen LogP contribution >= 0.6 is 22.6 Å². The average molecular weight is 412 g/mol. The van der Waals surface area contributed by atoms with Gasteiger partial charge in [0.15, 0.2) is 0 Å². The van der Waals surface area contributed by atoms with Crippen molar-refractivity contribution < 1.29 is 0 Å². The maximum atomic E-state index is 3.05. The molecule has 0 N–H and O–H groups in total. The van der Waals surface area contributed by atoms with Crippen molar-refractivity contribution in [3.8, 4) is 9.85 Å². The lowest BCUT2D eigenvalue weighted by molar-refractivity contribution is 0.151. The first kappa shape index (κ1) is 18.4. The monoisotopic (exact) mass is 412 g/mol. The van der Waals surface area contributed by atoms with Crippen molar-refractivity contribution in [2.75, 3.05) is 0 Å². The molecular weight excluding hydrogens is 379 g/mol. The van der Waals surface area contributed by atoms with Gasteiger partial charge in [0, 0.05) is 22.6 Å². The van der Waals surface area contributed by atoms with Gasteiger partial charge in [0.2, 0.25) is 0 Å². The fourth-order valence-electron chi connectivity index (χ4n) is 4.66. The first-order valence-electron chi connectivity index (χ1n) is 9.61. The van der Waals surface area contributed by atoms with Gasteiger partial charge in [0.05, 0.1) is 0 Å². The molecule has 0 radical (unpaired) electrons. The second-order valence-electron chi connectivity index (χ2n) is 7.55. The van der Waals surface area contributed by atoms with Crippen LogP contribution in [0.1, 0.15) is 84.0 Å². The minimum absolute atomic E-state index is 0.805. The molecule has 0 aromatic carbocycles. The van der Waals surface area contributed by atoms with Crippen molar-refractivity contribution in [3.63, 3.8) is 0 Å². The molecule has 0 spiro atoms. The molecular formula is C21H33I. The molecule has 22 heavy (non-hydrogen) atoms. The zero-order valence-corrected chi connectivity index (χ0v) is 16.5. The molecule has 0 atom stereocenters. The summed E-state index contributed by atoms with van der Waals surface area (Å²) >= 11 is 2.11. The molecule has 0 bridgehead atoms. The third-order valence-corrected chi connectivity index (χ3v) is 6.41. The first-order chi connectivity index (χ1) is 10.8. The lowest BCUT2D eigenvalue weighted by atomic mass is 9.68. The predicted molar refractivity (Wildman–Crippen MR) is 106 cm³/mol. The van der Waals surface area contributed by atoms with Gasteiger partial charge in [0.1, 0.15) is 0 Å². The van der Waals surface area contributed by atoms with Crippen LogP contribution in [0.15, 0.2) is 12.2 Å². The molecule has 2 fully saturated rings. The Morgan fingerprint density at radius 2 is 1.55 bits per heavy atom. The number of hydrogen-bond acceptors (Lipinski definition) is 0. The summed E-state index contributed by atoms with van der Waals surface area (Å²) in [5, 5.41) is 0. The van der Waals surface area contributed by atoms with Crippen LogP contribution in [0.25, 0.3) is 0 Å². The molecule has 2 saturated carbocycles. The van der Waals surface area contributed by atoms with Gasteiger partial charge in [0.25, 0.3) is 0 Å². The number of rotatable bonds is 6. The number of halogens is 1. The van der Waals surface area contributed by atoms with E-state index in [0.717, 1.165) is 23.7 Å². The summed E-state index contributed by atoms with van der Waals surface area (Å²) in [7, 11) is 0. The maximum Gasteiger partial charge on any atom is 0.0185 e. The topological polar surface area (TPSA) is 0 Å². The average Bonchev–Trinajstić information content (AvgIpc) is 2.57. The van der Waals surface area contributed by atoms with Crippen LogP contribution in [0, 0.1) is 33.5 Å². The summed E-state index contributed by atoms with van der Waals surface area (Å²) < 4.78 is 2.92. The van der Waals surface area contributed by atoms with E-state index in [1.165, 1.54) is 77.0 Å². The highest BCUT2D eigenvalue weighted by Gasteiger charge is 2.30. The van der Waals surface area contributed by atoms with Crippen molar-refractivity contribution in [3.05, 3.63) is 12.2 Å². The zero-order chi connectivity index (χ0) is 15.6. The Labute approximate surface area is 152 Å². The molecule has 0 heterocycles. The minimum atomic E-state index is 0.805. The summed E-state index contributed by atoms with van der Waals surface area (Å²) in [5.41, 5.74) is 0. The van der Waals surface area contributed by atoms with Gasteiger partial charge in [-0.1, -0.05) is 57.4 Å². The smallest absolute Gasteiger partial charge is 0.0185 e. The highest BCUT2D eigenvalue weighted by atomic mass is 127. The minimum Gasteiger partial charge on any atom is -0.0730 e. The van der Waals surface area contributed by atoms with Crippen molar-refractivity contribution in [2.45, 2.75) is 84.0 Å². The molecule has 0 aromatic heterocycles. The Balaban J connectivity index is 1.64. The third kappa shape index (κ3) is 6.26. The SMILES string of the molecule is CCCCC[C@H]1CC[C@H]([C@H]2CC[C@H](/C=C/C#CI)CC2)CC1. The van der Waals surface area contributed by atoms with E-state index in [1.807, 2.05) is 0 Å². The van der Waals surface area contributed by atoms with Crippen molar-refractivity contribution in [2.24, 2.45) is 23.7 Å². The van der Waals surface area contributed by atoms with Crippen LogP contribution in [0.5, 0.6) is 0 Å². The van der Waals surface area contributed by atoms with Crippen LogP contribution in [0.4, 0.5) is 0 Å².